The maximum Gasteiger partial charge on any atom is 0.236 e. The molecule has 0 aromatic heterocycles. The third-order valence-corrected chi connectivity index (χ3v) is 6.64. The van der Waals surface area contributed by atoms with Crippen molar-refractivity contribution in [2.75, 3.05) is 59.9 Å². The normalized spacial score (nSPS) is 27.5. The number of rotatable bonds is 4. The number of likely N-dealkylation sites (tertiary alicyclic amines) is 3. The summed E-state index contributed by atoms with van der Waals surface area (Å²) in [5.41, 5.74) is 0.254. The van der Waals surface area contributed by atoms with Crippen molar-refractivity contribution in [3.63, 3.8) is 0 Å². The lowest BCUT2D eigenvalue weighted by Crippen LogP contribution is -2.53. The van der Waals surface area contributed by atoms with Crippen molar-refractivity contribution in [3.8, 4) is 0 Å². The van der Waals surface area contributed by atoms with Gasteiger partial charge in [0.05, 0.1) is 6.54 Å². The van der Waals surface area contributed by atoms with Gasteiger partial charge in [-0.05, 0) is 52.1 Å². The van der Waals surface area contributed by atoms with Crippen molar-refractivity contribution in [3.05, 3.63) is 0 Å². The van der Waals surface area contributed by atoms with Gasteiger partial charge in [-0.15, -0.1) is 0 Å². The minimum atomic E-state index is 0.254. The van der Waals surface area contributed by atoms with E-state index in [-0.39, 0.29) is 11.3 Å². The molecule has 142 valence electrons. The SMILES string of the molecule is CCN1CC2(CCC1=O)CCN(C(=O)CN1CC[C@@H](N(C)C)C1)CC2. The molecule has 3 aliphatic heterocycles. The Kier molecular flexibility index (Phi) is 5.68. The van der Waals surface area contributed by atoms with Crippen LogP contribution in [0.4, 0.5) is 0 Å². The van der Waals surface area contributed by atoms with Crippen LogP contribution in [-0.4, -0.2) is 97.4 Å². The topological polar surface area (TPSA) is 47.1 Å². The van der Waals surface area contributed by atoms with Gasteiger partial charge >= 0.3 is 0 Å². The van der Waals surface area contributed by atoms with Gasteiger partial charge in [-0.2, -0.15) is 0 Å². The summed E-state index contributed by atoms with van der Waals surface area (Å²) in [5, 5.41) is 0. The first-order valence-electron chi connectivity index (χ1n) is 9.87. The Hall–Kier alpha value is -1.14. The van der Waals surface area contributed by atoms with Crippen LogP contribution in [-0.2, 0) is 9.59 Å². The van der Waals surface area contributed by atoms with Gasteiger partial charge in [0.25, 0.3) is 0 Å². The molecule has 1 spiro atoms. The van der Waals surface area contributed by atoms with Gasteiger partial charge in [-0.1, -0.05) is 0 Å². The van der Waals surface area contributed by atoms with E-state index >= 15 is 0 Å². The molecule has 0 aliphatic carbocycles. The lowest BCUT2D eigenvalue weighted by atomic mass is 9.72. The van der Waals surface area contributed by atoms with Crippen LogP contribution in [0.1, 0.15) is 39.0 Å². The molecule has 0 radical (unpaired) electrons. The Morgan fingerprint density at radius 3 is 2.52 bits per heavy atom. The predicted molar refractivity (Wildman–Crippen MR) is 98.3 cm³/mol. The smallest absolute Gasteiger partial charge is 0.236 e. The molecule has 0 aromatic carbocycles. The van der Waals surface area contributed by atoms with Gasteiger partial charge in [0.1, 0.15) is 0 Å². The molecule has 6 nitrogen and oxygen atoms in total. The summed E-state index contributed by atoms with van der Waals surface area (Å²) in [6.07, 6.45) is 4.93. The van der Waals surface area contributed by atoms with Crippen molar-refractivity contribution >= 4 is 11.8 Å². The molecule has 6 heteroatoms. The molecular weight excluding hydrogens is 316 g/mol. The maximum absolute atomic E-state index is 12.7. The second-order valence-electron chi connectivity index (χ2n) is 8.43. The van der Waals surface area contributed by atoms with E-state index in [0.29, 0.717) is 24.9 Å². The highest BCUT2D eigenvalue weighted by Gasteiger charge is 2.41. The van der Waals surface area contributed by atoms with Gasteiger partial charge in [0.2, 0.25) is 11.8 Å². The van der Waals surface area contributed by atoms with Crippen molar-refractivity contribution in [1.82, 2.24) is 19.6 Å². The molecule has 0 N–H and O–H groups in total. The Morgan fingerprint density at radius 1 is 1.20 bits per heavy atom. The summed E-state index contributed by atoms with van der Waals surface area (Å²) in [6.45, 7) is 8.07. The molecule has 3 heterocycles. The number of piperidine rings is 2. The van der Waals surface area contributed by atoms with Gasteiger partial charge in [-0.3, -0.25) is 14.5 Å². The van der Waals surface area contributed by atoms with E-state index in [1.165, 1.54) is 0 Å². The van der Waals surface area contributed by atoms with Crippen LogP contribution in [0.15, 0.2) is 0 Å². The van der Waals surface area contributed by atoms with E-state index in [1.807, 2.05) is 4.90 Å². The predicted octanol–water partition coefficient (Wildman–Crippen LogP) is 0.873. The number of likely N-dealkylation sites (N-methyl/N-ethyl adjacent to an activating group) is 1. The first-order chi connectivity index (χ1) is 11.9. The fraction of sp³-hybridized carbons (Fsp3) is 0.895. The van der Waals surface area contributed by atoms with Gasteiger partial charge < -0.3 is 14.7 Å². The van der Waals surface area contributed by atoms with Crippen LogP contribution in [0.2, 0.25) is 0 Å². The molecule has 3 fully saturated rings. The highest BCUT2D eigenvalue weighted by Crippen LogP contribution is 2.40. The molecule has 25 heavy (non-hydrogen) atoms. The molecule has 1 atom stereocenters. The van der Waals surface area contributed by atoms with E-state index in [4.69, 9.17) is 0 Å². The van der Waals surface area contributed by atoms with E-state index in [0.717, 1.165) is 65.0 Å². The molecule has 0 aromatic rings. The first kappa shape index (κ1) is 18.6. The summed E-state index contributed by atoms with van der Waals surface area (Å²) in [7, 11) is 4.24. The number of amides is 2. The van der Waals surface area contributed by atoms with Crippen molar-refractivity contribution in [2.45, 2.75) is 45.1 Å². The first-order valence-corrected chi connectivity index (χ1v) is 9.87. The molecular formula is C19H34N4O2. The third-order valence-electron chi connectivity index (χ3n) is 6.64. The zero-order chi connectivity index (χ0) is 18.0. The van der Waals surface area contributed by atoms with Gasteiger partial charge in [0.15, 0.2) is 0 Å². The minimum absolute atomic E-state index is 0.254. The fourth-order valence-electron chi connectivity index (χ4n) is 4.70. The van der Waals surface area contributed by atoms with Crippen LogP contribution in [0.3, 0.4) is 0 Å². The van der Waals surface area contributed by atoms with Gasteiger partial charge in [-0.25, -0.2) is 0 Å². The molecule has 3 saturated heterocycles. The van der Waals surface area contributed by atoms with Crippen molar-refractivity contribution < 1.29 is 9.59 Å². The largest absolute Gasteiger partial charge is 0.342 e. The minimum Gasteiger partial charge on any atom is -0.342 e. The monoisotopic (exact) mass is 350 g/mol. The fourth-order valence-corrected chi connectivity index (χ4v) is 4.70. The lowest BCUT2D eigenvalue weighted by Gasteiger charge is -2.47. The third kappa shape index (κ3) is 4.17. The van der Waals surface area contributed by atoms with E-state index in [2.05, 4.69) is 35.7 Å². The number of hydrogen-bond donors (Lipinski definition) is 0. The van der Waals surface area contributed by atoms with Crippen LogP contribution in [0.25, 0.3) is 0 Å². The van der Waals surface area contributed by atoms with Crippen molar-refractivity contribution in [2.24, 2.45) is 5.41 Å². The number of hydrogen-bond acceptors (Lipinski definition) is 4. The molecule has 0 bridgehead atoms. The van der Waals surface area contributed by atoms with Crippen LogP contribution in [0, 0.1) is 5.41 Å². The van der Waals surface area contributed by atoms with Crippen LogP contribution >= 0.6 is 0 Å². The molecule has 3 rings (SSSR count). The summed E-state index contributed by atoms with van der Waals surface area (Å²) >= 11 is 0. The van der Waals surface area contributed by atoms with E-state index in [1.54, 1.807) is 0 Å². The summed E-state index contributed by atoms with van der Waals surface area (Å²) < 4.78 is 0. The Labute approximate surface area is 152 Å². The molecule has 0 saturated carbocycles. The summed E-state index contributed by atoms with van der Waals surface area (Å²) in [4.78, 5) is 33.3. The summed E-state index contributed by atoms with van der Waals surface area (Å²) in [6, 6.07) is 0.581. The average Bonchev–Trinajstić information content (AvgIpc) is 3.06. The maximum atomic E-state index is 12.7. The lowest BCUT2D eigenvalue weighted by molar-refractivity contribution is -0.142. The van der Waals surface area contributed by atoms with E-state index in [9.17, 15) is 9.59 Å². The second-order valence-corrected chi connectivity index (χ2v) is 8.43. The van der Waals surface area contributed by atoms with Crippen LogP contribution < -0.4 is 0 Å². The highest BCUT2D eigenvalue weighted by atomic mass is 16.2. The van der Waals surface area contributed by atoms with Crippen molar-refractivity contribution in [1.29, 1.82) is 0 Å². The zero-order valence-corrected chi connectivity index (χ0v) is 16.2. The Bertz CT molecular complexity index is 500. The number of carbonyl (C=O) groups excluding carboxylic acids is 2. The van der Waals surface area contributed by atoms with E-state index < -0.39 is 0 Å². The summed E-state index contributed by atoms with van der Waals surface area (Å²) in [5.74, 6) is 0.588. The number of nitrogens with zero attached hydrogens (tertiary/aromatic N) is 4. The standard InChI is InChI=1S/C19H34N4O2/c1-4-22-15-19(7-5-17(22)24)8-11-23(12-9-19)18(25)14-21-10-6-16(13-21)20(2)3/h16H,4-15H2,1-3H3/t16-/m1/s1. The zero-order valence-electron chi connectivity index (χ0n) is 16.2. The quantitative estimate of drug-likeness (QED) is 0.755. The Balaban J connectivity index is 1.47. The molecule has 0 unspecified atom stereocenters. The highest BCUT2D eigenvalue weighted by molar-refractivity contribution is 5.79. The molecule has 2 amide bonds. The van der Waals surface area contributed by atoms with Gasteiger partial charge in [0, 0.05) is 51.7 Å². The second kappa shape index (κ2) is 7.62. The molecule has 3 aliphatic rings. The average molecular weight is 351 g/mol. The Morgan fingerprint density at radius 2 is 1.92 bits per heavy atom. The number of carbonyl (C=O) groups is 2. The van der Waals surface area contributed by atoms with Crippen LogP contribution in [0.5, 0.6) is 0 Å².